The number of amides is 1. The molecular weight excluding hydrogens is 202 g/mol. The van der Waals surface area contributed by atoms with Gasteiger partial charge in [0.15, 0.2) is 0 Å². The molecule has 0 bridgehead atoms. The van der Waals surface area contributed by atoms with Crippen LogP contribution in [0.5, 0.6) is 0 Å². The van der Waals surface area contributed by atoms with Crippen molar-refractivity contribution in [1.29, 1.82) is 0 Å². The number of hydrogen-bond donors (Lipinski definition) is 1. The summed E-state index contributed by atoms with van der Waals surface area (Å²) in [6.07, 6.45) is 4.20. The second-order valence-corrected chi connectivity index (χ2v) is 5.65. The van der Waals surface area contributed by atoms with Gasteiger partial charge in [0.2, 0.25) is 5.91 Å². The third kappa shape index (κ3) is 2.76. The van der Waals surface area contributed by atoms with Crippen molar-refractivity contribution in [3.8, 4) is 0 Å². The molecule has 1 amide bonds. The Kier molecular flexibility index (Phi) is 3.85. The van der Waals surface area contributed by atoms with Crippen molar-refractivity contribution < 1.29 is 9.53 Å². The Morgan fingerprint density at radius 1 is 1.50 bits per heavy atom. The highest BCUT2D eigenvalue weighted by Gasteiger charge is 2.38. The monoisotopic (exact) mass is 225 g/mol. The molecule has 2 heterocycles. The Hall–Kier alpha value is -0.570. The van der Waals surface area contributed by atoms with Gasteiger partial charge in [-0.25, -0.2) is 0 Å². The number of hydrogen-bond acceptors (Lipinski definition) is 2. The Bertz CT molecular complexity index is 246. The van der Waals surface area contributed by atoms with E-state index in [2.05, 4.69) is 19.2 Å². The molecule has 2 aliphatic rings. The smallest absolute Gasteiger partial charge is 0.220 e. The van der Waals surface area contributed by atoms with Crippen LogP contribution in [0.3, 0.4) is 0 Å². The SMILES string of the molecule is CC(C)CC1NC(=O)CC1C1CCCOC1. The van der Waals surface area contributed by atoms with E-state index in [1.165, 1.54) is 6.42 Å². The third-order valence-electron chi connectivity index (χ3n) is 3.81. The molecule has 1 N–H and O–H groups in total. The maximum Gasteiger partial charge on any atom is 0.220 e. The molecule has 16 heavy (non-hydrogen) atoms. The first kappa shape index (κ1) is 11.9. The normalized spacial score (nSPS) is 35.4. The van der Waals surface area contributed by atoms with Gasteiger partial charge in [0, 0.05) is 25.7 Å². The second kappa shape index (κ2) is 5.17. The number of carbonyl (C=O) groups is 1. The van der Waals surface area contributed by atoms with Crippen molar-refractivity contribution in [1.82, 2.24) is 5.32 Å². The van der Waals surface area contributed by atoms with Gasteiger partial charge < -0.3 is 10.1 Å². The van der Waals surface area contributed by atoms with E-state index in [0.717, 1.165) is 26.1 Å². The summed E-state index contributed by atoms with van der Waals surface area (Å²) >= 11 is 0. The van der Waals surface area contributed by atoms with E-state index in [4.69, 9.17) is 4.74 Å². The van der Waals surface area contributed by atoms with Crippen LogP contribution in [0, 0.1) is 17.8 Å². The van der Waals surface area contributed by atoms with Crippen molar-refractivity contribution in [3.05, 3.63) is 0 Å². The van der Waals surface area contributed by atoms with Crippen LogP contribution in [0.2, 0.25) is 0 Å². The van der Waals surface area contributed by atoms with Crippen LogP contribution in [0.25, 0.3) is 0 Å². The standard InChI is InChI=1S/C13H23NO2/c1-9(2)6-12-11(7-13(15)14-12)10-4-3-5-16-8-10/h9-12H,3-8H2,1-2H3,(H,14,15). The van der Waals surface area contributed by atoms with Crippen LogP contribution in [0.4, 0.5) is 0 Å². The Labute approximate surface area is 97.9 Å². The average Bonchev–Trinajstić information content (AvgIpc) is 2.60. The largest absolute Gasteiger partial charge is 0.381 e. The quantitative estimate of drug-likeness (QED) is 0.797. The molecule has 0 aromatic rings. The van der Waals surface area contributed by atoms with Gasteiger partial charge in [0.25, 0.3) is 0 Å². The molecule has 0 radical (unpaired) electrons. The molecule has 0 aromatic carbocycles. The summed E-state index contributed by atoms with van der Waals surface area (Å²) < 4.78 is 5.54. The van der Waals surface area contributed by atoms with E-state index in [1.807, 2.05) is 0 Å². The maximum absolute atomic E-state index is 11.5. The minimum atomic E-state index is 0.237. The summed E-state index contributed by atoms with van der Waals surface area (Å²) in [6, 6.07) is 0.388. The topological polar surface area (TPSA) is 38.3 Å². The lowest BCUT2D eigenvalue weighted by Crippen LogP contribution is -2.36. The molecule has 0 aromatic heterocycles. The van der Waals surface area contributed by atoms with Crippen LogP contribution in [0.1, 0.15) is 39.5 Å². The summed E-state index contributed by atoms with van der Waals surface area (Å²) in [4.78, 5) is 11.5. The van der Waals surface area contributed by atoms with Crippen molar-refractivity contribution in [3.63, 3.8) is 0 Å². The van der Waals surface area contributed by atoms with Gasteiger partial charge in [-0.05, 0) is 37.0 Å². The molecule has 2 rings (SSSR count). The Morgan fingerprint density at radius 2 is 2.31 bits per heavy atom. The van der Waals surface area contributed by atoms with Crippen molar-refractivity contribution in [2.24, 2.45) is 17.8 Å². The van der Waals surface area contributed by atoms with E-state index >= 15 is 0 Å². The first-order chi connectivity index (χ1) is 7.66. The number of rotatable bonds is 3. The van der Waals surface area contributed by atoms with Crippen molar-refractivity contribution >= 4 is 5.91 Å². The van der Waals surface area contributed by atoms with E-state index in [1.54, 1.807) is 0 Å². The highest BCUT2D eigenvalue weighted by molar-refractivity contribution is 5.79. The van der Waals surface area contributed by atoms with Crippen LogP contribution in [-0.4, -0.2) is 25.2 Å². The van der Waals surface area contributed by atoms with E-state index in [9.17, 15) is 4.79 Å². The summed E-state index contributed by atoms with van der Waals surface area (Å²) in [6.45, 7) is 6.20. The van der Waals surface area contributed by atoms with Crippen molar-refractivity contribution in [2.75, 3.05) is 13.2 Å². The average molecular weight is 225 g/mol. The zero-order valence-corrected chi connectivity index (χ0v) is 10.4. The van der Waals surface area contributed by atoms with Crippen molar-refractivity contribution in [2.45, 2.75) is 45.6 Å². The highest BCUT2D eigenvalue weighted by atomic mass is 16.5. The molecule has 3 heteroatoms. The lowest BCUT2D eigenvalue weighted by Gasteiger charge is -2.31. The van der Waals surface area contributed by atoms with E-state index in [0.29, 0.717) is 30.2 Å². The Morgan fingerprint density at radius 3 is 2.94 bits per heavy atom. The number of carbonyl (C=O) groups excluding carboxylic acids is 1. The predicted molar refractivity (Wildman–Crippen MR) is 63.0 cm³/mol. The molecule has 2 saturated heterocycles. The molecule has 0 saturated carbocycles. The van der Waals surface area contributed by atoms with E-state index < -0.39 is 0 Å². The Balaban J connectivity index is 1.96. The summed E-state index contributed by atoms with van der Waals surface area (Å²) in [5, 5.41) is 3.14. The number of nitrogens with one attached hydrogen (secondary N) is 1. The van der Waals surface area contributed by atoms with Gasteiger partial charge in [-0.2, -0.15) is 0 Å². The molecule has 3 unspecified atom stereocenters. The minimum Gasteiger partial charge on any atom is -0.381 e. The second-order valence-electron chi connectivity index (χ2n) is 5.65. The molecule has 2 fully saturated rings. The minimum absolute atomic E-state index is 0.237. The third-order valence-corrected chi connectivity index (χ3v) is 3.81. The number of ether oxygens (including phenoxy) is 1. The van der Waals surface area contributed by atoms with Gasteiger partial charge in [-0.3, -0.25) is 4.79 Å². The lowest BCUT2D eigenvalue weighted by molar-refractivity contribution is -0.119. The molecule has 0 aliphatic carbocycles. The van der Waals surface area contributed by atoms with Crippen LogP contribution in [-0.2, 0) is 9.53 Å². The van der Waals surface area contributed by atoms with Crippen LogP contribution in [0.15, 0.2) is 0 Å². The van der Waals surface area contributed by atoms with Crippen LogP contribution < -0.4 is 5.32 Å². The van der Waals surface area contributed by atoms with Gasteiger partial charge in [0.05, 0.1) is 0 Å². The molecule has 2 aliphatic heterocycles. The van der Waals surface area contributed by atoms with Gasteiger partial charge in [0.1, 0.15) is 0 Å². The van der Waals surface area contributed by atoms with Crippen LogP contribution >= 0.6 is 0 Å². The van der Waals surface area contributed by atoms with Gasteiger partial charge in [-0.1, -0.05) is 13.8 Å². The fraction of sp³-hybridized carbons (Fsp3) is 0.923. The van der Waals surface area contributed by atoms with Gasteiger partial charge >= 0.3 is 0 Å². The summed E-state index contributed by atoms with van der Waals surface area (Å²) in [5.74, 6) is 1.99. The fourth-order valence-electron chi connectivity index (χ4n) is 3.07. The lowest BCUT2D eigenvalue weighted by atomic mass is 9.80. The first-order valence-electron chi connectivity index (χ1n) is 6.54. The maximum atomic E-state index is 11.5. The molecule has 3 nitrogen and oxygen atoms in total. The van der Waals surface area contributed by atoms with Gasteiger partial charge in [-0.15, -0.1) is 0 Å². The molecule has 0 spiro atoms. The van der Waals surface area contributed by atoms with E-state index in [-0.39, 0.29) is 5.91 Å². The summed E-state index contributed by atoms with van der Waals surface area (Å²) in [7, 11) is 0. The zero-order valence-electron chi connectivity index (χ0n) is 10.4. The highest BCUT2D eigenvalue weighted by Crippen LogP contribution is 2.33. The molecule has 3 atom stereocenters. The summed E-state index contributed by atoms with van der Waals surface area (Å²) in [5.41, 5.74) is 0. The molecular formula is C13H23NO2. The predicted octanol–water partition coefficient (Wildman–Crippen LogP) is 1.96. The fourth-order valence-corrected chi connectivity index (χ4v) is 3.07. The first-order valence-corrected chi connectivity index (χ1v) is 6.54. The zero-order chi connectivity index (χ0) is 11.5. The molecule has 92 valence electrons.